The lowest BCUT2D eigenvalue weighted by molar-refractivity contribution is -0.385. The predicted molar refractivity (Wildman–Crippen MR) is 82.2 cm³/mol. The SMILES string of the molecule is O=[N+]([O-])c1ccc(NCc2ccc(F)c(Br)c2)cc1Br. The number of hydrogen-bond acceptors (Lipinski definition) is 3. The standard InChI is InChI=1S/C13H9Br2FN2O2/c14-10-5-8(1-3-12(10)16)7-17-9-2-4-13(18(19)20)11(15)6-9/h1-6,17H,7H2. The Morgan fingerprint density at radius 1 is 1.15 bits per heavy atom. The molecule has 0 radical (unpaired) electrons. The van der Waals surface area contributed by atoms with E-state index in [2.05, 4.69) is 37.2 Å². The number of hydrogen-bond donors (Lipinski definition) is 1. The van der Waals surface area contributed by atoms with Crippen molar-refractivity contribution in [3.63, 3.8) is 0 Å². The zero-order valence-electron chi connectivity index (χ0n) is 10.1. The summed E-state index contributed by atoms with van der Waals surface area (Å²) < 4.78 is 13.9. The van der Waals surface area contributed by atoms with Crippen molar-refractivity contribution in [1.29, 1.82) is 0 Å². The lowest BCUT2D eigenvalue weighted by Gasteiger charge is -2.08. The van der Waals surface area contributed by atoms with Gasteiger partial charge in [-0.05, 0) is 61.7 Å². The second kappa shape index (κ2) is 6.32. The molecule has 2 rings (SSSR count). The van der Waals surface area contributed by atoms with Crippen LogP contribution in [-0.4, -0.2) is 4.92 Å². The second-order valence-electron chi connectivity index (χ2n) is 4.03. The Kier molecular flexibility index (Phi) is 4.72. The van der Waals surface area contributed by atoms with Crippen LogP contribution in [0.15, 0.2) is 45.3 Å². The van der Waals surface area contributed by atoms with Crippen LogP contribution in [0.1, 0.15) is 5.56 Å². The fourth-order valence-corrected chi connectivity index (χ4v) is 2.57. The molecule has 0 aliphatic rings. The molecule has 0 saturated carbocycles. The monoisotopic (exact) mass is 402 g/mol. The van der Waals surface area contributed by atoms with E-state index in [-0.39, 0.29) is 11.5 Å². The third-order valence-corrected chi connectivity index (χ3v) is 3.87. The van der Waals surface area contributed by atoms with Gasteiger partial charge in [0.2, 0.25) is 0 Å². The van der Waals surface area contributed by atoms with Crippen LogP contribution >= 0.6 is 31.9 Å². The molecule has 0 aliphatic carbocycles. The molecule has 0 spiro atoms. The topological polar surface area (TPSA) is 55.2 Å². The van der Waals surface area contributed by atoms with Crippen molar-refractivity contribution < 1.29 is 9.31 Å². The minimum Gasteiger partial charge on any atom is -0.381 e. The number of benzene rings is 2. The summed E-state index contributed by atoms with van der Waals surface area (Å²) >= 11 is 6.28. The Balaban J connectivity index is 2.09. The zero-order chi connectivity index (χ0) is 14.7. The van der Waals surface area contributed by atoms with E-state index in [1.165, 1.54) is 12.1 Å². The van der Waals surface area contributed by atoms with Gasteiger partial charge < -0.3 is 5.32 Å². The average Bonchev–Trinajstić information content (AvgIpc) is 2.40. The maximum Gasteiger partial charge on any atom is 0.283 e. The van der Waals surface area contributed by atoms with Crippen LogP contribution in [0.2, 0.25) is 0 Å². The van der Waals surface area contributed by atoms with Gasteiger partial charge in [-0.1, -0.05) is 6.07 Å². The number of nitro benzene ring substituents is 1. The van der Waals surface area contributed by atoms with Crippen molar-refractivity contribution in [2.24, 2.45) is 0 Å². The Morgan fingerprint density at radius 2 is 1.90 bits per heavy atom. The van der Waals surface area contributed by atoms with E-state index in [0.29, 0.717) is 15.5 Å². The molecule has 2 aromatic carbocycles. The Bertz CT molecular complexity index is 665. The van der Waals surface area contributed by atoms with Crippen LogP contribution in [0.25, 0.3) is 0 Å². The van der Waals surface area contributed by atoms with Crippen LogP contribution in [0.4, 0.5) is 15.8 Å². The molecule has 0 aliphatic heterocycles. The largest absolute Gasteiger partial charge is 0.381 e. The normalized spacial score (nSPS) is 10.3. The molecule has 0 fully saturated rings. The van der Waals surface area contributed by atoms with Crippen molar-refractivity contribution >= 4 is 43.2 Å². The highest BCUT2D eigenvalue weighted by Crippen LogP contribution is 2.28. The molecule has 0 amide bonds. The molecular formula is C13H9Br2FN2O2. The molecule has 0 atom stereocenters. The van der Waals surface area contributed by atoms with Gasteiger partial charge in [0.25, 0.3) is 5.69 Å². The van der Waals surface area contributed by atoms with Crippen LogP contribution in [0.5, 0.6) is 0 Å². The van der Waals surface area contributed by atoms with Crippen LogP contribution < -0.4 is 5.32 Å². The average molecular weight is 404 g/mol. The van der Waals surface area contributed by atoms with Gasteiger partial charge >= 0.3 is 0 Å². The number of nitrogens with zero attached hydrogens (tertiary/aromatic N) is 1. The maximum atomic E-state index is 13.1. The van der Waals surface area contributed by atoms with Gasteiger partial charge in [-0.15, -0.1) is 0 Å². The number of nitrogens with one attached hydrogen (secondary N) is 1. The summed E-state index contributed by atoms with van der Waals surface area (Å²) in [6, 6.07) is 9.42. The van der Waals surface area contributed by atoms with Crippen molar-refractivity contribution in [2.45, 2.75) is 6.54 Å². The van der Waals surface area contributed by atoms with Gasteiger partial charge in [-0.25, -0.2) is 4.39 Å². The highest BCUT2D eigenvalue weighted by atomic mass is 79.9. The summed E-state index contributed by atoms with van der Waals surface area (Å²) in [4.78, 5) is 10.2. The van der Waals surface area contributed by atoms with Crippen LogP contribution in [0, 0.1) is 15.9 Å². The summed E-state index contributed by atoms with van der Waals surface area (Å²) in [5.74, 6) is -0.313. The number of anilines is 1. The van der Waals surface area contributed by atoms with Gasteiger partial charge in [0.05, 0.1) is 13.9 Å². The van der Waals surface area contributed by atoms with Crippen molar-refractivity contribution in [3.05, 3.63) is 66.8 Å². The van der Waals surface area contributed by atoms with E-state index in [0.717, 1.165) is 11.3 Å². The molecule has 0 heterocycles. The molecule has 104 valence electrons. The van der Waals surface area contributed by atoms with E-state index in [1.54, 1.807) is 24.3 Å². The van der Waals surface area contributed by atoms with E-state index < -0.39 is 4.92 Å². The Hall–Kier alpha value is -1.47. The molecule has 0 aromatic heterocycles. The van der Waals surface area contributed by atoms with Crippen LogP contribution in [0.3, 0.4) is 0 Å². The predicted octanol–water partition coefficient (Wildman–Crippen LogP) is 4.87. The zero-order valence-corrected chi connectivity index (χ0v) is 13.2. The quantitative estimate of drug-likeness (QED) is 0.585. The summed E-state index contributed by atoms with van der Waals surface area (Å²) in [6.07, 6.45) is 0. The maximum absolute atomic E-state index is 13.1. The molecule has 20 heavy (non-hydrogen) atoms. The minimum atomic E-state index is -0.453. The lowest BCUT2D eigenvalue weighted by Crippen LogP contribution is -2.00. The number of halogens is 3. The van der Waals surface area contributed by atoms with E-state index in [1.807, 2.05) is 0 Å². The first-order valence-electron chi connectivity index (χ1n) is 5.59. The lowest BCUT2D eigenvalue weighted by atomic mass is 10.2. The molecule has 4 nitrogen and oxygen atoms in total. The highest BCUT2D eigenvalue weighted by molar-refractivity contribution is 9.10. The fraction of sp³-hybridized carbons (Fsp3) is 0.0769. The van der Waals surface area contributed by atoms with Gasteiger partial charge in [-0.2, -0.15) is 0 Å². The first-order chi connectivity index (χ1) is 9.47. The summed E-state index contributed by atoms with van der Waals surface area (Å²) in [6.45, 7) is 0.489. The van der Waals surface area contributed by atoms with Crippen molar-refractivity contribution in [3.8, 4) is 0 Å². The van der Waals surface area contributed by atoms with E-state index in [4.69, 9.17) is 0 Å². The summed E-state index contributed by atoms with van der Waals surface area (Å²) in [5.41, 5.74) is 1.65. The Morgan fingerprint density at radius 3 is 2.50 bits per heavy atom. The second-order valence-corrected chi connectivity index (χ2v) is 5.73. The highest BCUT2D eigenvalue weighted by Gasteiger charge is 2.11. The van der Waals surface area contributed by atoms with Gasteiger partial charge in [-0.3, -0.25) is 10.1 Å². The van der Waals surface area contributed by atoms with Gasteiger partial charge in [0.15, 0.2) is 0 Å². The molecular weight excluding hydrogens is 395 g/mol. The van der Waals surface area contributed by atoms with Gasteiger partial charge in [0.1, 0.15) is 5.82 Å². The third kappa shape index (κ3) is 3.55. The Labute approximate surface area is 131 Å². The minimum absolute atomic E-state index is 0.0140. The molecule has 1 N–H and O–H groups in total. The molecule has 0 bridgehead atoms. The summed E-state index contributed by atoms with van der Waals surface area (Å²) in [7, 11) is 0. The fourth-order valence-electron chi connectivity index (χ4n) is 1.62. The molecule has 0 unspecified atom stereocenters. The molecule has 0 saturated heterocycles. The first kappa shape index (κ1) is 14.9. The summed E-state index contributed by atoms with van der Waals surface area (Å²) in [5, 5.41) is 13.8. The van der Waals surface area contributed by atoms with Crippen molar-refractivity contribution in [1.82, 2.24) is 0 Å². The molecule has 7 heteroatoms. The number of nitro groups is 1. The van der Waals surface area contributed by atoms with E-state index >= 15 is 0 Å². The van der Waals surface area contributed by atoms with Crippen molar-refractivity contribution in [2.75, 3.05) is 5.32 Å². The van der Waals surface area contributed by atoms with Gasteiger partial charge in [0, 0.05) is 18.3 Å². The van der Waals surface area contributed by atoms with E-state index in [9.17, 15) is 14.5 Å². The number of rotatable bonds is 4. The smallest absolute Gasteiger partial charge is 0.283 e. The van der Waals surface area contributed by atoms with Crippen LogP contribution in [-0.2, 0) is 6.54 Å². The molecule has 2 aromatic rings. The first-order valence-corrected chi connectivity index (χ1v) is 7.17. The third-order valence-electron chi connectivity index (χ3n) is 2.63.